The van der Waals surface area contributed by atoms with Crippen LogP contribution in [0.2, 0.25) is 0 Å². The van der Waals surface area contributed by atoms with E-state index < -0.39 is 5.54 Å². The van der Waals surface area contributed by atoms with Crippen molar-refractivity contribution in [1.29, 1.82) is 5.26 Å². The third-order valence-electron chi connectivity index (χ3n) is 1.61. The van der Waals surface area contributed by atoms with E-state index in [0.29, 0.717) is 23.3 Å². The van der Waals surface area contributed by atoms with E-state index in [9.17, 15) is 0 Å². The van der Waals surface area contributed by atoms with E-state index in [1.807, 2.05) is 6.07 Å². The highest BCUT2D eigenvalue weighted by atomic mass is 32.2. The monoisotopic (exact) mass is 212 g/mol. The molecule has 1 aromatic heterocycles. The second-order valence-corrected chi connectivity index (χ2v) is 4.26. The number of hydrogen-bond acceptors (Lipinski definition) is 6. The van der Waals surface area contributed by atoms with Crippen molar-refractivity contribution in [3.8, 4) is 6.07 Å². The molecule has 1 heterocycles. The number of aryl methyl sites for hydroxylation is 1. The minimum Gasteiger partial charge on any atom is -0.416 e. The van der Waals surface area contributed by atoms with Crippen molar-refractivity contribution < 1.29 is 4.42 Å². The largest absolute Gasteiger partial charge is 0.416 e. The fraction of sp³-hybridized carbons (Fsp3) is 0.625. The summed E-state index contributed by atoms with van der Waals surface area (Å²) in [5.74, 6) is 1.24. The lowest BCUT2D eigenvalue weighted by molar-refractivity contribution is 0.429. The van der Waals surface area contributed by atoms with Gasteiger partial charge in [0.25, 0.3) is 5.22 Å². The summed E-state index contributed by atoms with van der Waals surface area (Å²) in [6, 6.07) is 2.03. The molecule has 6 heteroatoms. The first-order valence-corrected chi connectivity index (χ1v) is 5.15. The van der Waals surface area contributed by atoms with Gasteiger partial charge in [0, 0.05) is 12.7 Å². The molecule has 5 nitrogen and oxygen atoms in total. The number of nitrogens with zero attached hydrogens (tertiary/aromatic N) is 3. The molecule has 0 aliphatic rings. The van der Waals surface area contributed by atoms with Crippen LogP contribution in [0.3, 0.4) is 0 Å². The number of thioether (sulfide) groups is 1. The molecule has 0 aliphatic heterocycles. The van der Waals surface area contributed by atoms with Gasteiger partial charge in [0.05, 0.1) is 6.07 Å². The minimum atomic E-state index is -0.776. The maximum Gasteiger partial charge on any atom is 0.276 e. The van der Waals surface area contributed by atoms with E-state index in [4.69, 9.17) is 15.4 Å². The van der Waals surface area contributed by atoms with Crippen LogP contribution >= 0.6 is 11.8 Å². The highest BCUT2D eigenvalue weighted by Crippen LogP contribution is 2.19. The van der Waals surface area contributed by atoms with Crippen molar-refractivity contribution >= 4 is 11.8 Å². The van der Waals surface area contributed by atoms with Crippen molar-refractivity contribution in [2.24, 2.45) is 5.73 Å². The topological polar surface area (TPSA) is 88.7 Å². The van der Waals surface area contributed by atoms with Gasteiger partial charge in [-0.1, -0.05) is 11.8 Å². The summed E-state index contributed by atoms with van der Waals surface area (Å²) in [5.41, 5.74) is 4.87. The first kappa shape index (κ1) is 11.0. The summed E-state index contributed by atoms with van der Waals surface area (Å²) in [5, 5.41) is 16.7. The maximum absolute atomic E-state index is 8.66. The molecule has 0 fully saturated rings. The zero-order valence-electron chi connectivity index (χ0n) is 8.15. The van der Waals surface area contributed by atoms with E-state index in [-0.39, 0.29) is 0 Å². The zero-order chi connectivity index (χ0) is 10.6. The van der Waals surface area contributed by atoms with E-state index >= 15 is 0 Å². The third-order valence-corrected chi connectivity index (χ3v) is 2.43. The fourth-order valence-electron chi connectivity index (χ4n) is 0.743. The Labute approximate surface area is 86.7 Å². The van der Waals surface area contributed by atoms with Gasteiger partial charge in [-0.25, -0.2) is 0 Å². The van der Waals surface area contributed by atoms with Crippen LogP contribution in [-0.2, 0) is 0 Å². The molecular formula is C8H12N4OS. The Morgan fingerprint density at radius 3 is 2.86 bits per heavy atom. The molecule has 76 valence electrons. The van der Waals surface area contributed by atoms with Crippen molar-refractivity contribution in [1.82, 2.24) is 10.2 Å². The SMILES string of the molecule is Cc1nnc(SCCC(C)(N)C#N)o1. The van der Waals surface area contributed by atoms with Gasteiger partial charge < -0.3 is 10.2 Å². The number of hydrogen-bond donors (Lipinski definition) is 1. The standard InChI is InChI=1S/C8H12N4OS/c1-6-11-12-7(13-6)14-4-3-8(2,10)5-9/h3-4,10H2,1-2H3. The molecule has 0 saturated heterocycles. The number of rotatable bonds is 4. The van der Waals surface area contributed by atoms with E-state index in [1.165, 1.54) is 11.8 Å². The molecule has 0 radical (unpaired) electrons. The average molecular weight is 212 g/mol. The lowest BCUT2D eigenvalue weighted by Crippen LogP contribution is -2.34. The summed E-state index contributed by atoms with van der Waals surface area (Å²) in [6.07, 6.45) is 0.593. The normalized spacial score (nSPS) is 14.7. The van der Waals surface area contributed by atoms with Crippen molar-refractivity contribution in [3.05, 3.63) is 5.89 Å². The smallest absolute Gasteiger partial charge is 0.276 e. The van der Waals surface area contributed by atoms with Crippen LogP contribution in [0.25, 0.3) is 0 Å². The van der Waals surface area contributed by atoms with Crippen molar-refractivity contribution in [2.75, 3.05) is 5.75 Å². The molecule has 2 N–H and O–H groups in total. The summed E-state index contributed by atoms with van der Waals surface area (Å²) in [6.45, 7) is 3.44. The minimum absolute atomic E-state index is 0.524. The first-order chi connectivity index (χ1) is 6.53. The Balaban J connectivity index is 2.33. The van der Waals surface area contributed by atoms with Crippen molar-refractivity contribution in [2.45, 2.75) is 31.0 Å². The summed E-state index contributed by atoms with van der Waals surface area (Å²) in [4.78, 5) is 0. The molecule has 1 atom stereocenters. The van der Waals surface area contributed by atoms with Crippen LogP contribution in [0, 0.1) is 18.3 Å². The van der Waals surface area contributed by atoms with Gasteiger partial charge in [-0.3, -0.25) is 0 Å². The van der Waals surface area contributed by atoms with Gasteiger partial charge in [-0.2, -0.15) is 5.26 Å². The number of nitrogens with two attached hydrogens (primary N) is 1. The molecule has 0 amide bonds. The Kier molecular flexibility index (Phi) is 3.49. The maximum atomic E-state index is 8.66. The molecule has 1 aromatic rings. The van der Waals surface area contributed by atoms with Gasteiger partial charge in [-0.15, -0.1) is 10.2 Å². The predicted octanol–water partition coefficient (Wildman–Crippen LogP) is 1.10. The third kappa shape index (κ3) is 3.36. The van der Waals surface area contributed by atoms with E-state index in [1.54, 1.807) is 13.8 Å². The first-order valence-electron chi connectivity index (χ1n) is 4.16. The lowest BCUT2D eigenvalue weighted by atomic mass is 10.0. The highest BCUT2D eigenvalue weighted by molar-refractivity contribution is 7.99. The second kappa shape index (κ2) is 4.44. The summed E-state index contributed by atoms with van der Waals surface area (Å²) < 4.78 is 5.15. The van der Waals surface area contributed by atoms with Gasteiger partial charge in [-0.05, 0) is 13.3 Å². The Morgan fingerprint density at radius 1 is 1.64 bits per heavy atom. The van der Waals surface area contributed by atoms with E-state index in [0.717, 1.165) is 0 Å². The lowest BCUT2D eigenvalue weighted by Gasteiger charge is -2.12. The molecule has 0 bridgehead atoms. The molecule has 0 aliphatic carbocycles. The Bertz CT molecular complexity index is 341. The van der Waals surface area contributed by atoms with Crippen LogP contribution in [0.5, 0.6) is 0 Å². The fourth-order valence-corrected chi connectivity index (χ4v) is 1.72. The molecule has 1 unspecified atom stereocenters. The predicted molar refractivity (Wildman–Crippen MR) is 52.6 cm³/mol. The van der Waals surface area contributed by atoms with Crippen LogP contribution in [-0.4, -0.2) is 21.5 Å². The van der Waals surface area contributed by atoms with Crippen LogP contribution in [0.4, 0.5) is 0 Å². The van der Waals surface area contributed by atoms with Gasteiger partial charge in [0.2, 0.25) is 5.89 Å². The second-order valence-electron chi connectivity index (χ2n) is 3.21. The van der Waals surface area contributed by atoms with Gasteiger partial charge in [0.15, 0.2) is 0 Å². The Morgan fingerprint density at radius 2 is 2.36 bits per heavy atom. The molecular weight excluding hydrogens is 200 g/mol. The van der Waals surface area contributed by atoms with Gasteiger partial charge >= 0.3 is 0 Å². The summed E-state index contributed by atoms with van der Waals surface area (Å²) >= 11 is 1.41. The summed E-state index contributed by atoms with van der Waals surface area (Å²) in [7, 11) is 0. The van der Waals surface area contributed by atoms with Crippen LogP contribution < -0.4 is 5.73 Å². The van der Waals surface area contributed by atoms with Crippen LogP contribution in [0.1, 0.15) is 19.2 Å². The number of aromatic nitrogens is 2. The molecule has 0 spiro atoms. The molecule has 0 aromatic carbocycles. The molecule has 0 saturated carbocycles. The molecule has 14 heavy (non-hydrogen) atoms. The van der Waals surface area contributed by atoms with Gasteiger partial charge in [0.1, 0.15) is 5.54 Å². The average Bonchev–Trinajstić information content (AvgIpc) is 2.51. The van der Waals surface area contributed by atoms with Crippen LogP contribution in [0.15, 0.2) is 9.64 Å². The molecule has 1 rings (SSSR count). The quantitative estimate of drug-likeness (QED) is 0.752. The zero-order valence-corrected chi connectivity index (χ0v) is 8.97. The number of nitriles is 1. The Hall–Kier alpha value is -1.06. The highest BCUT2D eigenvalue weighted by Gasteiger charge is 2.17. The van der Waals surface area contributed by atoms with Crippen molar-refractivity contribution in [3.63, 3.8) is 0 Å². The van der Waals surface area contributed by atoms with E-state index in [2.05, 4.69) is 10.2 Å².